The predicted molar refractivity (Wildman–Crippen MR) is 81.9 cm³/mol. The zero-order valence-corrected chi connectivity index (χ0v) is 12.0. The van der Waals surface area contributed by atoms with Gasteiger partial charge in [-0.1, -0.05) is 29.9 Å². The maximum Gasteiger partial charge on any atom is 0.159 e. The fraction of sp³-hybridized carbons (Fsp3) is 0.214. The van der Waals surface area contributed by atoms with Crippen molar-refractivity contribution in [2.75, 3.05) is 5.32 Å². The van der Waals surface area contributed by atoms with Crippen molar-refractivity contribution in [2.24, 2.45) is 5.73 Å². The fourth-order valence-electron chi connectivity index (χ4n) is 2.11. The lowest BCUT2D eigenvalue weighted by atomic mass is 10.1. The molecule has 19 heavy (non-hydrogen) atoms. The molecule has 1 aromatic heterocycles. The average Bonchev–Trinajstić information content (AvgIpc) is 2.34. The molecule has 1 aromatic carbocycles. The molecule has 0 aliphatic carbocycles. The summed E-state index contributed by atoms with van der Waals surface area (Å²) >= 11 is 4.99. The first-order chi connectivity index (χ1) is 8.99. The van der Waals surface area contributed by atoms with Crippen LogP contribution in [-0.2, 0) is 0 Å². The van der Waals surface area contributed by atoms with Gasteiger partial charge in [0.25, 0.3) is 0 Å². The Hall–Kier alpha value is -2.01. The van der Waals surface area contributed by atoms with E-state index in [2.05, 4.69) is 48.2 Å². The number of hydrogen-bond donors (Lipinski definition) is 2. The Morgan fingerprint density at radius 3 is 2.26 bits per heavy atom. The minimum atomic E-state index is 0.234. The van der Waals surface area contributed by atoms with Crippen LogP contribution in [0.25, 0.3) is 0 Å². The van der Waals surface area contributed by atoms with Crippen LogP contribution in [0.3, 0.4) is 0 Å². The topological polar surface area (TPSA) is 63.8 Å². The third-order valence-electron chi connectivity index (χ3n) is 2.85. The van der Waals surface area contributed by atoms with Crippen molar-refractivity contribution < 1.29 is 0 Å². The summed E-state index contributed by atoms with van der Waals surface area (Å²) in [6.07, 6.45) is 3.19. The average molecular weight is 272 g/mol. The molecule has 98 valence electrons. The van der Waals surface area contributed by atoms with Gasteiger partial charge in [0.1, 0.15) is 10.7 Å². The minimum absolute atomic E-state index is 0.234. The van der Waals surface area contributed by atoms with Gasteiger partial charge < -0.3 is 11.1 Å². The maximum absolute atomic E-state index is 5.66. The highest BCUT2D eigenvalue weighted by molar-refractivity contribution is 7.80. The van der Waals surface area contributed by atoms with Crippen molar-refractivity contribution in [3.8, 4) is 0 Å². The number of nitrogens with two attached hydrogens (primary N) is 1. The van der Waals surface area contributed by atoms with Crippen molar-refractivity contribution in [3.63, 3.8) is 0 Å². The second-order valence-electron chi connectivity index (χ2n) is 4.52. The summed E-state index contributed by atoms with van der Waals surface area (Å²) in [4.78, 5) is 8.65. The monoisotopic (exact) mass is 272 g/mol. The molecule has 0 saturated heterocycles. The molecule has 0 radical (unpaired) electrons. The molecule has 4 nitrogen and oxygen atoms in total. The van der Waals surface area contributed by atoms with Crippen LogP contribution < -0.4 is 11.1 Å². The number of benzene rings is 1. The van der Waals surface area contributed by atoms with Crippen LogP contribution in [0, 0.1) is 20.8 Å². The lowest BCUT2D eigenvalue weighted by Crippen LogP contribution is -2.15. The van der Waals surface area contributed by atoms with E-state index in [1.807, 2.05) is 0 Å². The van der Waals surface area contributed by atoms with E-state index in [0.717, 1.165) is 16.8 Å². The standard InChI is InChI=1S/C14H16N4S/c1-8-6-9(2)11(10(3)7-8)18-14-12(13(15)19)16-4-5-17-14/h4-7H,1-3H3,(H2,15,19)(H,17,18). The normalized spacial score (nSPS) is 10.3. The molecule has 1 heterocycles. The molecule has 2 rings (SSSR count). The molecule has 0 unspecified atom stereocenters. The van der Waals surface area contributed by atoms with E-state index < -0.39 is 0 Å². The van der Waals surface area contributed by atoms with Gasteiger partial charge in [0.2, 0.25) is 0 Å². The van der Waals surface area contributed by atoms with Gasteiger partial charge in [-0.3, -0.25) is 0 Å². The SMILES string of the molecule is Cc1cc(C)c(Nc2nccnc2C(N)=S)c(C)c1. The van der Waals surface area contributed by atoms with Gasteiger partial charge in [0.15, 0.2) is 5.82 Å². The molecule has 0 saturated carbocycles. The Kier molecular flexibility index (Phi) is 3.76. The fourth-order valence-corrected chi connectivity index (χ4v) is 2.25. The van der Waals surface area contributed by atoms with Crippen molar-refractivity contribution in [1.29, 1.82) is 0 Å². The highest BCUT2D eigenvalue weighted by Gasteiger charge is 2.11. The third kappa shape index (κ3) is 2.88. The van der Waals surface area contributed by atoms with Gasteiger partial charge in [-0.05, 0) is 31.9 Å². The molecule has 5 heteroatoms. The molecule has 0 aliphatic heterocycles. The van der Waals surface area contributed by atoms with Crippen LogP contribution in [0.15, 0.2) is 24.5 Å². The summed E-state index contributed by atoms with van der Waals surface area (Å²) in [5, 5.41) is 3.28. The molecule has 0 amide bonds. The molecule has 0 fully saturated rings. The quantitative estimate of drug-likeness (QED) is 0.841. The molecule has 3 N–H and O–H groups in total. The van der Waals surface area contributed by atoms with E-state index >= 15 is 0 Å². The number of nitrogens with zero attached hydrogens (tertiary/aromatic N) is 2. The van der Waals surface area contributed by atoms with Crippen LogP contribution in [0.5, 0.6) is 0 Å². The number of nitrogens with one attached hydrogen (secondary N) is 1. The van der Waals surface area contributed by atoms with E-state index in [1.54, 1.807) is 12.4 Å². The second-order valence-corrected chi connectivity index (χ2v) is 4.96. The van der Waals surface area contributed by atoms with E-state index in [1.165, 1.54) is 5.56 Å². The maximum atomic E-state index is 5.66. The molecule has 0 atom stereocenters. The summed E-state index contributed by atoms with van der Waals surface area (Å²) in [5.41, 5.74) is 10.7. The highest BCUT2D eigenvalue weighted by atomic mass is 32.1. The summed E-state index contributed by atoms with van der Waals surface area (Å²) < 4.78 is 0. The van der Waals surface area contributed by atoms with Crippen molar-refractivity contribution >= 4 is 28.7 Å². The summed E-state index contributed by atoms with van der Waals surface area (Å²) in [6.45, 7) is 6.19. The second kappa shape index (κ2) is 5.32. The molecular weight excluding hydrogens is 256 g/mol. The van der Waals surface area contributed by atoms with E-state index in [9.17, 15) is 0 Å². The first-order valence-corrected chi connectivity index (χ1v) is 6.35. The summed E-state index contributed by atoms with van der Waals surface area (Å²) in [6, 6.07) is 4.23. The number of aryl methyl sites for hydroxylation is 3. The van der Waals surface area contributed by atoms with E-state index in [-0.39, 0.29) is 4.99 Å². The minimum Gasteiger partial charge on any atom is -0.388 e. The van der Waals surface area contributed by atoms with E-state index in [4.69, 9.17) is 18.0 Å². The van der Waals surface area contributed by atoms with Crippen LogP contribution >= 0.6 is 12.2 Å². The summed E-state index contributed by atoms with van der Waals surface area (Å²) in [7, 11) is 0. The Labute approximate surface area is 118 Å². The number of aromatic nitrogens is 2. The van der Waals surface area contributed by atoms with Crippen molar-refractivity contribution in [1.82, 2.24) is 9.97 Å². The number of anilines is 2. The van der Waals surface area contributed by atoms with Gasteiger partial charge >= 0.3 is 0 Å². The van der Waals surface area contributed by atoms with Gasteiger partial charge in [-0.2, -0.15) is 0 Å². The van der Waals surface area contributed by atoms with Crippen LogP contribution in [0.1, 0.15) is 22.4 Å². The van der Waals surface area contributed by atoms with Crippen molar-refractivity contribution in [2.45, 2.75) is 20.8 Å². The Morgan fingerprint density at radius 2 is 1.68 bits per heavy atom. The van der Waals surface area contributed by atoms with Crippen LogP contribution in [0.2, 0.25) is 0 Å². The Bertz CT molecular complexity index is 614. The molecule has 0 spiro atoms. The number of thiocarbonyl (C=S) groups is 1. The predicted octanol–water partition coefficient (Wildman–Crippen LogP) is 2.78. The number of hydrogen-bond acceptors (Lipinski definition) is 4. The zero-order valence-electron chi connectivity index (χ0n) is 11.2. The smallest absolute Gasteiger partial charge is 0.159 e. The Morgan fingerprint density at radius 1 is 1.11 bits per heavy atom. The first kappa shape index (κ1) is 13.4. The van der Waals surface area contributed by atoms with Gasteiger partial charge in [-0.15, -0.1) is 0 Å². The first-order valence-electron chi connectivity index (χ1n) is 5.94. The largest absolute Gasteiger partial charge is 0.388 e. The van der Waals surface area contributed by atoms with Crippen LogP contribution in [0.4, 0.5) is 11.5 Å². The molecule has 0 bridgehead atoms. The van der Waals surface area contributed by atoms with Gasteiger partial charge in [-0.25, -0.2) is 9.97 Å². The van der Waals surface area contributed by atoms with Gasteiger partial charge in [0, 0.05) is 18.1 Å². The molecule has 0 aliphatic rings. The van der Waals surface area contributed by atoms with E-state index in [0.29, 0.717) is 11.5 Å². The lowest BCUT2D eigenvalue weighted by molar-refractivity contribution is 1.17. The zero-order chi connectivity index (χ0) is 14.0. The number of rotatable bonds is 3. The molecule has 2 aromatic rings. The van der Waals surface area contributed by atoms with Crippen LogP contribution in [-0.4, -0.2) is 15.0 Å². The molecular formula is C14H16N4S. The highest BCUT2D eigenvalue weighted by Crippen LogP contribution is 2.25. The van der Waals surface area contributed by atoms with Crippen molar-refractivity contribution in [3.05, 3.63) is 46.9 Å². The van der Waals surface area contributed by atoms with Gasteiger partial charge in [0.05, 0.1) is 0 Å². The summed E-state index contributed by atoms with van der Waals surface area (Å²) in [5.74, 6) is 0.588. The Balaban J connectivity index is 2.45. The lowest BCUT2D eigenvalue weighted by Gasteiger charge is -2.14. The third-order valence-corrected chi connectivity index (χ3v) is 3.05.